The summed E-state index contributed by atoms with van der Waals surface area (Å²) >= 11 is 0. The van der Waals surface area contributed by atoms with Gasteiger partial charge < -0.3 is 9.84 Å². The first-order chi connectivity index (χ1) is 8.31. The van der Waals surface area contributed by atoms with Crippen LogP contribution in [0.15, 0.2) is 24.3 Å². The highest BCUT2D eigenvalue weighted by Crippen LogP contribution is 2.10. The fourth-order valence-electron chi connectivity index (χ4n) is 1.99. The molecular weight excluding hydrogens is 218 g/mol. The number of nitrogens with zero attached hydrogens (tertiary/aromatic N) is 1. The molecule has 1 fully saturated rings. The summed E-state index contributed by atoms with van der Waals surface area (Å²) in [6.45, 7) is 3.20. The molecule has 4 heteroatoms. The van der Waals surface area contributed by atoms with Crippen molar-refractivity contribution < 1.29 is 14.6 Å². The van der Waals surface area contributed by atoms with E-state index in [1.54, 1.807) is 0 Å². The third kappa shape index (κ3) is 3.36. The molecule has 0 saturated carbocycles. The molecule has 1 unspecified atom stereocenters. The summed E-state index contributed by atoms with van der Waals surface area (Å²) in [6, 6.07) is 7.58. The van der Waals surface area contributed by atoms with Crippen LogP contribution in [-0.4, -0.2) is 48.7 Å². The van der Waals surface area contributed by atoms with Gasteiger partial charge in [0, 0.05) is 25.2 Å². The average Bonchev–Trinajstić information content (AvgIpc) is 2.40. The summed E-state index contributed by atoms with van der Waals surface area (Å²) in [6.07, 6.45) is 0.776. The Kier molecular flexibility index (Phi) is 4.25. The molecule has 1 heterocycles. The summed E-state index contributed by atoms with van der Waals surface area (Å²) in [5.41, 5.74) is 1.87. The fourth-order valence-corrected chi connectivity index (χ4v) is 1.99. The molecule has 1 N–H and O–H groups in total. The van der Waals surface area contributed by atoms with E-state index in [9.17, 15) is 4.79 Å². The number of aldehydes is 1. The molecule has 4 nitrogen and oxygen atoms in total. The van der Waals surface area contributed by atoms with Gasteiger partial charge in [0.25, 0.3) is 0 Å². The molecule has 92 valence electrons. The van der Waals surface area contributed by atoms with Gasteiger partial charge in [0.05, 0.1) is 19.3 Å². The predicted octanol–water partition coefficient (Wildman–Crippen LogP) is 0.692. The molecule has 1 aromatic rings. The molecule has 17 heavy (non-hydrogen) atoms. The summed E-state index contributed by atoms with van der Waals surface area (Å²) in [5, 5.41) is 9.05. The van der Waals surface area contributed by atoms with Gasteiger partial charge in [0.1, 0.15) is 6.29 Å². The van der Waals surface area contributed by atoms with Crippen molar-refractivity contribution in [2.45, 2.75) is 12.6 Å². The second-order valence-corrected chi connectivity index (χ2v) is 4.27. The first kappa shape index (κ1) is 12.2. The normalized spacial score (nSPS) is 21.4. The van der Waals surface area contributed by atoms with Crippen LogP contribution < -0.4 is 0 Å². The molecule has 0 bridgehead atoms. The van der Waals surface area contributed by atoms with Crippen molar-refractivity contribution in [3.63, 3.8) is 0 Å². The van der Waals surface area contributed by atoms with E-state index >= 15 is 0 Å². The summed E-state index contributed by atoms with van der Waals surface area (Å²) in [5.74, 6) is 0. The number of benzene rings is 1. The smallest absolute Gasteiger partial charge is 0.150 e. The molecule has 1 atom stereocenters. The Bertz CT molecular complexity index is 363. The number of carbonyl (C=O) groups excluding carboxylic acids is 1. The molecule has 1 aromatic carbocycles. The van der Waals surface area contributed by atoms with Gasteiger partial charge in [-0.2, -0.15) is 0 Å². The van der Waals surface area contributed by atoms with Crippen LogP contribution in [-0.2, 0) is 11.3 Å². The number of hydrogen-bond acceptors (Lipinski definition) is 4. The molecule has 0 radical (unpaired) electrons. The van der Waals surface area contributed by atoms with Crippen molar-refractivity contribution in [3.05, 3.63) is 35.4 Å². The Morgan fingerprint density at radius 1 is 1.41 bits per heavy atom. The Hall–Kier alpha value is -1.23. The van der Waals surface area contributed by atoms with Crippen LogP contribution in [0.3, 0.4) is 0 Å². The van der Waals surface area contributed by atoms with Crippen LogP contribution in [0.2, 0.25) is 0 Å². The standard InChI is InChI=1S/C13H17NO3/c15-9-12-3-1-11(2-4-12)7-14-5-6-17-13(8-14)10-16/h1-4,9,13,16H,5-8,10H2. The molecule has 0 spiro atoms. The molecular formula is C13H17NO3. The maximum atomic E-state index is 10.5. The van der Waals surface area contributed by atoms with E-state index in [4.69, 9.17) is 9.84 Å². The van der Waals surface area contributed by atoms with E-state index in [0.29, 0.717) is 12.2 Å². The van der Waals surface area contributed by atoms with Crippen molar-refractivity contribution in [1.82, 2.24) is 4.90 Å². The first-order valence-corrected chi connectivity index (χ1v) is 5.81. The lowest BCUT2D eigenvalue weighted by atomic mass is 10.1. The van der Waals surface area contributed by atoms with E-state index in [1.807, 2.05) is 24.3 Å². The van der Waals surface area contributed by atoms with Crippen molar-refractivity contribution in [3.8, 4) is 0 Å². The number of aliphatic hydroxyl groups excluding tert-OH is 1. The monoisotopic (exact) mass is 235 g/mol. The van der Waals surface area contributed by atoms with E-state index in [0.717, 1.165) is 25.9 Å². The Labute approximate surface area is 101 Å². The third-order valence-electron chi connectivity index (χ3n) is 2.95. The van der Waals surface area contributed by atoms with Crippen molar-refractivity contribution in [1.29, 1.82) is 0 Å². The number of aliphatic hydroxyl groups is 1. The maximum Gasteiger partial charge on any atom is 0.150 e. The number of rotatable bonds is 4. The predicted molar refractivity (Wildman–Crippen MR) is 63.9 cm³/mol. The zero-order valence-electron chi connectivity index (χ0n) is 9.71. The molecule has 1 aliphatic rings. The van der Waals surface area contributed by atoms with Crippen LogP contribution in [0.25, 0.3) is 0 Å². The number of hydrogen-bond donors (Lipinski definition) is 1. The number of ether oxygens (including phenoxy) is 1. The highest BCUT2D eigenvalue weighted by Gasteiger charge is 2.19. The second kappa shape index (κ2) is 5.91. The highest BCUT2D eigenvalue weighted by atomic mass is 16.5. The topological polar surface area (TPSA) is 49.8 Å². The van der Waals surface area contributed by atoms with Crippen molar-refractivity contribution in [2.24, 2.45) is 0 Å². The first-order valence-electron chi connectivity index (χ1n) is 5.81. The highest BCUT2D eigenvalue weighted by molar-refractivity contribution is 5.74. The third-order valence-corrected chi connectivity index (χ3v) is 2.95. The minimum Gasteiger partial charge on any atom is -0.394 e. The van der Waals surface area contributed by atoms with Gasteiger partial charge in [0.15, 0.2) is 0 Å². The quantitative estimate of drug-likeness (QED) is 0.780. The van der Waals surface area contributed by atoms with E-state index in [2.05, 4.69) is 4.90 Å². The SMILES string of the molecule is O=Cc1ccc(CN2CCOC(CO)C2)cc1. The van der Waals surface area contributed by atoms with Gasteiger partial charge in [-0.25, -0.2) is 0 Å². The van der Waals surface area contributed by atoms with Crippen LogP contribution in [0, 0.1) is 0 Å². The number of morpholine rings is 1. The zero-order valence-corrected chi connectivity index (χ0v) is 9.71. The van der Waals surface area contributed by atoms with Gasteiger partial charge in [-0.3, -0.25) is 9.69 Å². The summed E-state index contributed by atoms with van der Waals surface area (Å²) in [7, 11) is 0. The molecule has 0 amide bonds. The fraction of sp³-hybridized carbons (Fsp3) is 0.462. The Morgan fingerprint density at radius 2 is 2.18 bits per heavy atom. The lowest BCUT2D eigenvalue weighted by Crippen LogP contribution is -2.43. The molecule has 0 aliphatic carbocycles. The minimum atomic E-state index is -0.0713. The van der Waals surface area contributed by atoms with Gasteiger partial charge in [0.2, 0.25) is 0 Å². The molecule has 1 aliphatic heterocycles. The largest absolute Gasteiger partial charge is 0.394 e. The van der Waals surface area contributed by atoms with Crippen molar-refractivity contribution in [2.75, 3.05) is 26.3 Å². The Balaban J connectivity index is 1.92. The summed E-state index contributed by atoms with van der Waals surface area (Å²) in [4.78, 5) is 12.8. The molecule has 2 rings (SSSR count). The maximum absolute atomic E-state index is 10.5. The van der Waals surface area contributed by atoms with Crippen LogP contribution in [0.5, 0.6) is 0 Å². The lowest BCUT2D eigenvalue weighted by molar-refractivity contribution is -0.0551. The van der Waals surface area contributed by atoms with E-state index in [1.165, 1.54) is 5.56 Å². The van der Waals surface area contributed by atoms with Crippen LogP contribution in [0.4, 0.5) is 0 Å². The van der Waals surface area contributed by atoms with E-state index < -0.39 is 0 Å². The van der Waals surface area contributed by atoms with Gasteiger partial charge in [-0.1, -0.05) is 24.3 Å². The van der Waals surface area contributed by atoms with E-state index in [-0.39, 0.29) is 12.7 Å². The Morgan fingerprint density at radius 3 is 2.82 bits per heavy atom. The van der Waals surface area contributed by atoms with Crippen LogP contribution >= 0.6 is 0 Å². The van der Waals surface area contributed by atoms with Gasteiger partial charge in [-0.15, -0.1) is 0 Å². The number of carbonyl (C=O) groups is 1. The second-order valence-electron chi connectivity index (χ2n) is 4.27. The molecule has 1 saturated heterocycles. The molecule has 0 aromatic heterocycles. The minimum absolute atomic E-state index is 0.0700. The zero-order chi connectivity index (χ0) is 12.1. The van der Waals surface area contributed by atoms with Crippen LogP contribution in [0.1, 0.15) is 15.9 Å². The summed E-state index contributed by atoms with van der Waals surface area (Å²) < 4.78 is 5.39. The van der Waals surface area contributed by atoms with Crippen molar-refractivity contribution >= 4 is 6.29 Å². The lowest BCUT2D eigenvalue weighted by Gasteiger charge is -2.31. The van der Waals surface area contributed by atoms with Gasteiger partial charge in [-0.05, 0) is 5.56 Å². The van der Waals surface area contributed by atoms with Gasteiger partial charge >= 0.3 is 0 Å². The average molecular weight is 235 g/mol.